The topological polar surface area (TPSA) is 93.0 Å². The number of morpholine rings is 1. The third-order valence-corrected chi connectivity index (χ3v) is 10.4. The number of carbonyl (C=O) groups excluding carboxylic acids is 1. The second-order valence-corrected chi connectivity index (χ2v) is 15.6. The first-order valence-electron chi connectivity index (χ1n) is 18.5. The number of hydrogen-bond donors (Lipinski definition) is 0. The highest BCUT2D eigenvalue weighted by Gasteiger charge is 2.32. The average Bonchev–Trinajstić information content (AvgIpc) is 3.97. The van der Waals surface area contributed by atoms with Gasteiger partial charge in [-0.25, -0.2) is 0 Å². The lowest BCUT2D eigenvalue weighted by Crippen LogP contribution is -2.48. The predicted octanol–water partition coefficient (Wildman–Crippen LogP) is 6.13. The molecule has 10 heteroatoms. The molecule has 7 rings (SSSR count). The van der Waals surface area contributed by atoms with Crippen LogP contribution in [0.2, 0.25) is 0 Å². The molecule has 5 heterocycles. The fourth-order valence-electron chi connectivity index (χ4n) is 7.54. The maximum atomic E-state index is 14.4. The molecule has 10 nitrogen and oxygen atoms in total. The number of aryl methyl sites for hydroxylation is 2. The number of anilines is 1. The van der Waals surface area contributed by atoms with E-state index in [0.717, 1.165) is 84.4 Å². The Labute approximate surface area is 301 Å². The first-order valence-corrected chi connectivity index (χ1v) is 18.5. The number of benzene rings is 1. The molecule has 0 radical (unpaired) electrons. The van der Waals surface area contributed by atoms with Gasteiger partial charge in [-0.05, 0) is 108 Å². The molecular formula is C41H52N6O4. The minimum absolute atomic E-state index is 0.0277. The number of fused-ring (bicyclic) bond motifs is 1. The minimum Gasteiger partial charge on any atom is -0.377 e. The van der Waals surface area contributed by atoms with E-state index in [2.05, 4.69) is 60.9 Å². The lowest BCUT2D eigenvalue weighted by Gasteiger charge is -2.40. The molecule has 0 N–H and O–H groups in total. The van der Waals surface area contributed by atoms with Crippen molar-refractivity contribution in [1.82, 2.24) is 24.3 Å². The van der Waals surface area contributed by atoms with E-state index < -0.39 is 5.60 Å². The molecule has 2 saturated heterocycles. The summed E-state index contributed by atoms with van der Waals surface area (Å²) in [6, 6.07) is 15.0. The highest BCUT2D eigenvalue weighted by atomic mass is 16.5. The number of carbonyl (C=O) groups is 1. The predicted molar refractivity (Wildman–Crippen MR) is 200 cm³/mol. The molecule has 2 atom stereocenters. The number of aromatic nitrogens is 3. The Balaban J connectivity index is 1.20. The van der Waals surface area contributed by atoms with Crippen molar-refractivity contribution in [2.24, 2.45) is 0 Å². The van der Waals surface area contributed by atoms with Crippen LogP contribution in [0.5, 0.6) is 0 Å². The summed E-state index contributed by atoms with van der Waals surface area (Å²) >= 11 is 0. The molecule has 1 aliphatic carbocycles. The number of hydrogen-bond acceptors (Lipinski definition) is 8. The van der Waals surface area contributed by atoms with Gasteiger partial charge in [0, 0.05) is 79.5 Å². The zero-order chi connectivity index (χ0) is 35.7. The number of amides is 1. The Bertz CT molecular complexity index is 1910. The van der Waals surface area contributed by atoms with Gasteiger partial charge in [0.05, 0.1) is 42.3 Å². The van der Waals surface area contributed by atoms with Gasteiger partial charge in [0.25, 0.3) is 0 Å². The summed E-state index contributed by atoms with van der Waals surface area (Å²) in [5.41, 5.74) is 6.76. The van der Waals surface area contributed by atoms with Gasteiger partial charge in [-0.1, -0.05) is 6.07 Å². The smallest absolute Gasteiger partial charge is 0.249 e. The Morgan fingerprint density at radius 1 is 1.00 bits per heavy atom. The van der Waals surface area contributed by atoms with Crippen LogP contribution in [-0.2, 0) is 27.4 Å². The number of ether oxygens (including phenoxy) is 2. The summed E-state index contributed by atoms with van der Waals surface area (Å²) in [4.78, 5) is 43.6. The van der Waals surface area contributed by atoms with Gasteiger partial charge < -0.3 is 23.8 Å². The van der Waals surface area contributed by atoms with E-state index in [0.29, 0.717) is 32.3 Å². The molecule has 2 aliphatic heterocycles. The maximum Gasteiger partial charge on any atom is 0.249 e. The molecule has 1 saturated carbocycles. The summed E-state index contributed by atoms with van der Waals surface area (Å²) in [7, 11) is 0. The number of rotatable bonds is 10. The zero-order valence-corrected chi connectivity index (χ0v) is 30.8. The van der Waals surface area contributed by atoms with Crippen LogP contribution in [0.1, 0.15) is 86.6 Å². The average molecular weight is 693 g/mol. The van der Waals surface area contributed by atoms with Gasteiger partial charge >= 0.3 is 0 Å². The zero-order valence-electron chi connectivity index (χ0n) is 30.8. The van der Waals surface area contributed by atoms with Crippen LogP contribution < -0.4 is 10.3 Å². The lowest BCUT2D eigenvalue weighted by molar-refractivity contribution is -0.149. The minimum atomic E-state index is -0.403. The molecule has 3 fully saturated rings. The Hall–Kier alpha value is -4.12. The Morgan fingerprint density at radius 3 is 2.59 bits per heavy atom. The van der Waals surface area contributed by atoms with E-state index in [4.69, 9.17) is 9.47 Å². The molecule has 1 amide bonds. The highest BCUT2D eigenvalue weighted by molar-refractivity contribution is 5.82. The summed E-state index contributed by atoms with van der Waals surface area (Å²) < 4.78 is 14.1. The monoisotopic (exact) mass is 692 g/mol. The molecule has 51 heavy (non-hydrogen) atoms. The number of nitrogens with zero attached hydrogens (tertiary/aromatic N) is 6. The quantitative estimate of drug-likeness (QED) is 0.196. The van der Waals surface area contributed by atoms with Crippen molar-refractivity contribution in [1.29, 1.82) is 0 Å². The van der Waals surface area contributed by atoms with Crippen molar-refractivity contribution in [3.63, 3.8) is 0 Å². The molecular weight excluding hydrogens is 640 g/mol. The number of piperidine rings is 1. The van der Waals surface area contributed by atoms with Gasteiger partial charge in [-0.2, -0.15) is 0 Å². The fraction of sp³-hybridized carbons (Fsp3) is 0.512. The molecule has 0 spiro atoms. The fourth-order valence-corrected chi connectivity index (χ4v) is 7.54. The lowest BCUT2D eigenvalue weighted by atomic mass is 9.99. The molecule has 0 bridgehead atoms. The molecule has 1 unspecified atom stereocenters. The van der Waals surface area contributed by atoms with Crippen molar-refractivity contribution in [2.75, 3.05) is 44.4 Å². The van der Waals surface area contributed by atoms with Crippen molar-refractivity contribution >= 4 is 22.5 Å². The second-order valence-electron chi connectivity index (χ2n) is 15.6. The largest absolute Gasteiger partial charge is 0.377 e. The van der Waals surface area contributed by atoms with Gasteiger partial charge in [-0.15, -0.1) is 0 Å². The summed E-state index contributed by atoms with van der Waals surface area (Å²) in [5.74, 6) is -0.0438. The Morgan fingerprint density at radius 2 is 1.84 bits per heavy atom. The summed E-state index contributed by atoms with van der Waals surface area (Å²) in [6.45, 7) is 14.5. The van der Waals surface area contributed by atoms with Gasteiger partial charge in [0.2, 0.25) is 5.91 Å². The van der Waals surface area contributed by atoms with E-state index >= 15 is 0 Å². The van der Waals surface area contributed by atoms with Crippen LogP contribution in [0.25, 0.3) is 10.9 Å². The maximum absolute atomic E-state index is 14.4. The third kappa shape index (κ3) is 8.35. The SMILES string of the molecule is Cc1ccc(N2CCC[C@H](N(Cc3ccnc(C)c3)Cc3cn(C4CC4)c4cc(C5COCCN5C(=O)COC(C)(C)C)ccc4c3=O)C2)cn1. The summed E-state index contributed by atoms with van der Waals surface area (Å²) in [6.07, 6.45) is 10.3. The molecule has 3 aliphatic rings. The van der Waals surface area contributed by atoms with Crippen LogP contribution >= 0.6 is 0 Å². The van der Waals surface area contributed by atoms with Crippen molar-refractivity contribution in [3.05, 3.63) is 99.4 Å². The normalized spacial score (nSPS) is 20.0. The van der Waals surface area contributed by atoms with Gasteiger partial charge in [-0.3, -0.25) is 24.5 Å². The van der Waals surface area contributed by atoms with Crippen LogP contribution in [-0.4, -0.2) is 81.3 Å². The number of pyridine rings is 3. The molecule has 3 aromatic heterocycles. The van der Waals surface area contributed by atoms with Crippen molar-refractivity contribution in [3.8, 4) is 0 Å². The van der Waals surface area contributed by atoms with E-state index in [1.807, 2.05) is 64.0 Å². The molecule has 4 aromatic rings. The van der Waals surface area contributed by atoms with E-state index in [1.165, 1.54) is 5.56 Å². The van der Waals surface area contributed by atoms with Crippen LogP contribution in [0.3, 0.4) is 0 Å². The van der Waals surface area contributed by atoms with Gasteiger partial charge in [0.15, 0.2) is 5.43 Å². The molecule has 270 valence electrons. The van der Waals surface area contributed by atoms with Gasteiger partial charge in [0.1, 0.15) is 6.61 Å². The summed E-state index contributed by atoms with van der Waals surface area (Å²) in [5, 5.41) is 0.726. The first-order chi connectivity index (χ1) is 24.5. The van der Waals surface area contributed by atoms with E-state index in [-0.39, 0.29) is 30.0 Å². The third-order valence-electron chi connectivity index (χ3n) is 10.4. The first kappa shape index (κ1) is 35.3. The molecule has 1 aromatic carbocycles. The van der Waals surface area contributed by atoms with Crippen molar-refractivity contribution in [2.45, 2.75) is 97.1 Å². The van der Waals surface area contributed by atoms with Crippen molar-refractivity contribution < 1.29 is 14.3 Å². The standard InChI is InChI=1S/C41H52N6O4/c1-28-8-10-34(21-43-28)44-16-6-7-35(25-44)45(22-30-14-15-42-29(2)19-30)23-32-24-47(33-11-12-33)37-20-31(9-13-36(37)40(32)49)38-26-50-18-17-46(38)39(48)27-51-41(3,4)5/h8-10,13-15,19-21,24,33,35,38H,6-7,11-12,16-18,22-23,25-27H2,1-5H3/t35-,38?/m0/s1. The van der Waals surface area contributed by atoms with Crippen LogP contribution in [0.15, 0.2) is 65.8 Å². The van der Waals surface area contributed by atoms with E-state index in [9.17, 15) is 9.59 Å². The highest BCUT2D eigenvalue weighted by Crippen LogP contribution is 2.38. The van der Waals surface area contributed by atoms with Crippen LogP contribution in [0, 0.1) is 13.8 Å². The van der Waals surface area contributed by atoms with Crippen LogP contribution in [0.4, 0.5) is 5.69 Å². The Kier molecular flexibility index (Phi) is 10.3. The second kappa shape index (κ2) is 14.9. The van der Waals surface area contributed by atoms with E-state index in [1.54, 1.807) is 0 Å².